The minimum atomic E-state index is -2.76. The first-order valence-corrected chi connectivity index (χ1v) is 20.1. The van der Waals surface area contributed by atoms with E-state index in [9.17, 15) is 5.11 Å². The summed E-state index contributed by atoms with van der Waals surface area (Å²) < 4.78 is 20.3. The molecule has 50 heavy (non-hydrogen) atoms. The van der Waals surface area contributed by atoms with Crippen molar-refractivity contribution >= 4 is 18.7 Å². The van der Waals surface area contributed by atoms with E-state index in [-0.39, 0.29) is 24.2 Å². The Bertz CT molecular complexity index is 1650. The summed E-state index contributed by atoms with van der Waals surface area (Å²) in [6, 6.07) is 50.9. The molecule has 260 valence electrons. The predicted molar refractivity (Wildman–Crippen MR) is 207 cm³/mol. The fourth-order valence-electron chi connectivity index (χ4n) is 7.70. The van der Waals surface area contributed by atoms with Gasteiger partial charge in [-0.05, 0) is 57.1 Å². The van der Waals surface area contributed by atoms with Crippen LogP contribution in [0.15, 0.2) is 146 Å². The highest BCUT2D eigenvalue weighted by molar-refractivity contribution is 6.99. The molecule has 0 amide bonds. The Morgan fingerprint density at radius 3 is 1.64 bits per heavy atom. The van der Waals surface area contributed by atoms with E-state index in [4.69, 9.17) is 13.9 Å². The van der Waals surface area contributed by atoms with E-state index in [1.807, 2.05) is 18.2 Å². The van der Waals surface area contributed by atoms with E-state index in [1.165, 1.54) is 33.5 Å². The third kappa shape index (κ3) is 8.30. The molecule has 0 heterocycles. The van der Waals surface area contributed by atoms with Gasteiger partial charge in [-0.3, -0.25) is 0 Å². The van der Waals surface area contributed by atoms with Gasteiger partial charge in [0.2, 0.25) is 0 Å². The summed E-state index contributed by atoms with van der Waals surface area (Å²) in [5, 5.41) is 13.7. The largest absolute Gasteiger partial charge is 0.491 e. The van der Waals surface area contributed by atoms with Gasteiger partial charge in [0, 0.05) is 5.92 Å². The summed E-state index contributed by atoms with van der Waals surface area (Å²) >= 11 is 0. The van der Waals surface area contributed by atoms with Crippen LogP contribution in [0.25, 0.3) is 0 Å². The predicted octanol–water partition coefficient (Wildman–Crippen LogP) is 8.90. The lowest BCUT2D eigenvalue weighted by Gasteiger charge is -2.43. The van der Waals surface area contributed by atoms with Gasteiger partial charge < -0.3 is 19.0 Å². The van der Waals surface area contributed by atoms with Gasteiger partial charge in [0.15, 0.2) is 0 Å². The van der Waals surface area contributed by atoms with E-state index in [2.05, 4.69) is 148 Å². The molecule has 5 aromatic carbocycles. The maximum absolute atomic E-state index is 11.4. The topological polar surface area (TPSA) is 47.9 Å². The van der Waals surface area contributed by atoms with Crippen molar-refractivity contribution in [1.82, 2.24) is 0 Å². The van der Waals surface area contributed by atoms with Crippen molar-refractivity contribution in [2.45, 2.75) is 75.5 Å². The summed E-state index contributed by atoms with van der Waals surface area (Å²) in [4.78, 5) is 0. The first-order chi connectivity index (χ1) is 24.3. The lowest BCUT2D eigenvalue weighted by molar-refractivity contribution is -0.122. The van der Waals surface area contributed by atoms with Crippen molar-refractivity contribution < 1.29 is 19.0 Å². The summed E-state index contributed by atoms with van der Waals surface area (Å²) in [6.07, 6.45) is 4.41. The minimum absolute atomic E-state index is 0.103. The molecule has 0 aromatic heterocycles. The van der Waals surface area contributed by atoms with Crippen molar-refractivity contribution in [3.8, 4) is 5.75 Å². The smallest absolute Gasteiger partial charge is 0.261 e. The van der Waals surface area contributed by atoms with Crippen molar-refractivity contribution in [1.29, 1.82) is 0 Å². The van der Waals surface area contributed by atoms with E-state index in [0.29, 0.717) is 6.61 Å². The van der Waals surface area contributed by atoms with Gasteiger partial charge >= 0.3 is 0 Å². The molecule has 0 radical (unpaired) electrons. The first-order valence-electron chi connectivity index (χ1n) is 18.2. The Morgan fingerprint density at radius 2 is 1.12 bits per heavy atom. The van der Waals surface area contributed by atoms with E-state index < -0.39 is 20.0 Å². The molecule has 1 fully saturated rings. The molecule has 0 bridgehead atoms. The highest BCUT2D eigenvalue weighted by Crippen LogP contribution is 2.38. The second-order valence-electron chi connectivity index (χ2n) is 14.8. The van der Waals surface area contributed by atoms with Crippen LogP contribution in [0.5, 0.6) is 5.75 Å². The minimum Gasteiger partial charge on any atom is -0.491 e. The molecule has 1 atom stereocenters. The van der Waals surface area contributed by atoms with E-state index in [0.717, 1.165) is 31.4 Å². The van der Waals surface area contributed by atoms with Gasteiger partial charge in [0.1, 0.15) is 18.0 Å². The van der Waals surface area contributed by atoms with E-state index in [1.54, 1.807) is 0 Å². The quantitative estimate of drug-likeness (QED) is 0.0938. The number of hydrogen-bond acceptors (Lipinski definition) is 4. The molecule has 1 N–H and O–H groups in total. The fourth-order valence-corrected chi connectivity index (χ4v) is 12.3. The number of aliphatic hydroxyl groups excluding tert-OH is 1. The van der Waals surface area contributed by atoms with Gasteiger partial charge in [-0.2, -0.15) is 0 Å². The maximum Gasteiger partial charge on any atom is 0.261 e. The molecule has 1 saturated carbocycles. The Hall–Kier alpha value is -4.00. The molecule has 4 nitrogen and oxygen atoms in total. The Kier molecular flexibility index (Phi) is 11.7. The highest BCUT2D eigenvalue weighted by Gasteiger charge is 2.50. The summed E-state index contributed by atoms with van der Waals surface area (Å²) in [5.41, 5.74) is 3.23. The molecule has 1 aliphatic rings. The van der Waals surface area contributed by atoms with Gasteiger partial charge in [-0.25, -0.2) is 0 Å². The van der Waals surface area contributed by atoms with E-state index >= 15 is 0 Å². The van der Waals surface area contributed by atoms with Crippen LogP contribution in [-0.4, -0.2) is 44.9 Å². The lowest BCUT2D eigenvalue weighted by Crippen LogP contribution is -2.67. The van der Waals surface area contributed by atoms with Crippen LogP contribution in [0.3, 0.4) is 0 Å². The van der Waals surface area contributed by atoms with Crippen LogP contribution in [0.4, 0.5) is 0 Å². The molecular weight excluding hydrogens is 633 g/mol. The lowest BCUT2D eigenvalue weighted by atomic mass is 9.84. The number of benzene rings is 5. The van der Waals surface area contributed by atoms with Gasteiger partial charge in [0.25, 0.3) is 8.32 Å². The zero-order chi connectivity index (χ0) is 34.9. The van der Waals surface area contributed by atoms with Crippen LogP contribution in [0.1, 0.15) is 75.5 Å². The Morgan fingerprint density at radius 1 is 0.620 bits per heavy atom. The van der Waals surface area contributed by atoms with Crippen LogP contribution < -0.4 is 15.1 Å². The monoisotopic (exact) mass is 684 g/mol. The third-order valence-corrected chi connectivity index (χ3v) is 15.2. The maximum atomic E-state index is 11.4. The van der Waals surface area contributed by atoms with Crippen molar-refractivity contribution in [3.05, 3.63) is 162 Å². The Balaban J connectivity index is 1.16. The molecule has 0 spiro atoms. The zero-order valence-corrected chi connectivity index (χ0v) is 30.8. The molecule has 6 rings (SSSR count). The molecule has 5 heteroatoms. The normalized spacial score (nSPS) is 15.5. The second kappa shape index (κ2) is 16.3. The zero-order valence-electron chi connectivity index (χ0n) is 29.8. The summed E-state index contributed by atoms with van der Waals surface area (Å²) in [7, 11) is -2.76. The SMILES string of the molecule is CC(C)(C)[Si](OC[C@@H](O)COC1(COc2cccc(C(c3ccccc3)c3ccccc3)c2)CCCCC1)(c1ccccc1)c1ccccc1. The molecule has 5 aromatic rings. The second-order valence-corrected chi connectivity index (χ2v) is 19.1. The van der Waals surface area contributed by atoms with Gasteiger partial charge in [0.05, 0.1) is 19.3 Å². The van der Waals surface area contributed by atoms with Gasteiger partial charge in [-0.15, -0.1) is 0 Å². The van der Waals surface area contributed by atoms with Crippen molar-refractivity contribution in [2.75, 3.05) is 19.8 Å². The van der Waals surface area contributed by atoms with Crippen LogP contribution in [0, 0.1) is 0 Å². The fraction of sp³-hybridized carbons (Fsp3) is 0.333. The summed E-state index contributed by atoms with van der Waals surface area (Å²) in [6.45, 7) is 7.62. The van der Waals surface area contributed by atoms with Crippen LogP contribution >= 0.6 is 0 Å². The summed E-state index contributed by atoms with van der Waals surface area (Å²) in [5.74, 6) is 0.940. The third-order valence-electron chi connectivity index (χ3n) is 10.2. The van der Waals surface area contributed by atoms with Crippen molar-refractivity contribution in [2.24, 2.45) is 0 Å². The molecule has 0 unspecified atom stereocenters. The Labute approximate surface area is 300 Å². The number of rotatable bonds is 14. The number of aliphatic hydroxyl groups is 1. The average molecular weight is 685 g/mol. The van der Waals surface area contributed by atoms with Crippen LogP contribution in [0.2, 0.25) is 5.04 Å². The number of ether oxygens (including phenoxy) is 2. The van der Waals surface area contributed by atoms with Gasteiger partial charge in [-0.1, -0.05) is 173 Å². The average Bonchev–Trinajstić information content (AvgIpc) is 3.15. The molecule has 0 saturated heterocycles. The van der Waals surface area contributed by atoms with Crippen molar-refractivity contribution in [3.63, 3.8) is 0 Å². The first kappa shape index (κ1) is 35.8. The highest BCUT2D eigenvalue weighted by atomic mass is 28.4. The standard InChI is InChI=1S/C45H52O4Si/c1-44(2,3)50(41-26-13-6-14-27-41,42-28-15-7-16-29-42)49-34-39(46)33-48-45(30-17-8-18-31-45)35-47-40-25-19-24-38(32-40)43(36-20-9-4-10-21-36)37-22-11-5-12-23-37/h4-7,9-16,19-29,32,39,43,46H,8,17-18,30-31,33-35H2,1-3H3/t39-/m0/s1. The molecule has 1 aliphatic carbocycles. The molecular formula is C45H52O4Si. The molecule has 0 aliphatic heterocycles. The number of hydrogen-bond donors (Lipinski definition) is 1. The van der Waals surface area contributed by atoms with Crippen LogP contribution in [-0.2, 0) is 9.16 Å².